The zero-order valence-corrected chi connectivity index (χ0v) is 13.5. The second-order valence-electron chi connectivity index (χ2n) is 5.54. The first kappa shape index (κ1) is 16.2. The summed E-state index contributed by atoms with van der Waals surface area (Å²) < 4.78 is 26.8. The lowest BCUT2D eigenvalue weighted by Gasteiger charge is -2.17. The maximum atomic E-state index is 12.7. The molecule has 2 rings (SSSR count). The zero-order valence-electron chi connectivity index (χ0n) is 12.7. The van der Waals surface area contributed by atoms with E-state index in [0.717, 1.165) is 25.7 Å². The SMILES string of the molecule is C=CCCCN(C)S(=O)(=O)c1c(CNC2CC2)n[nH]c1C. The monoisotopic (exact) mass is 312 g/mol. The van der Waals surface area contributed by atoms with Gasteiger partial charge in [0.2, 0.25) is 10.0 Å². The number of hydrogen-bond donors (Lipinski definition) is 2. The molecule has 0 atom stereocenters. The lowest BCUT2D eigenvalue weighted by molar-refractivity contribution is 0.461. The fraction of sp³-hybridized carbons (Fsp3) is 0.643. The van der Waals surface area contributed by atoms with Crippen molar-refractivity contribution in [2.45, 2.75) is 50.1 Å². The van der Waals surface area contributed by atoms with Gasteiger partial charge in [-0.3, -0.25) is 5.10 Å². The molecule has 0 unspecified atom stereocenters. The van der Waals surface area contributed by atoms with Gasteiger partial charge < -0.3 is 5.32 Å². The Hall–Kier alpha value is -1.18. The minimum atomic E-state index is -3.50. The molecule has 1 aliphatic rings. The number of H-pyrrole nitrogens is 1. The highest BCUT2D eigenvalue weighted by Gasteiger charge is 2.29. The molecule has 118 valence electrons. The zero-order chi connectivity index (χ0) is 15.5. The smallest absolute Gasteiger partial charge is 0.246 e. The lowest BCUT2D eigenvalue weighted by atomic mass is 10.3. The summed E-state index contributed by atoms with van der Waals surface area (Å²) in [5.74, 6) is 0. The van der Waals surface area contributed by atoms with E-state index in [2.05, 4.69) is 22.1 Å². The minimum Gasteiger partial charge on any atom is -0.308 e. The Morgan fingerprint density at radius 2 is 2.24 bits per heavy atom. The van der Waals surface area contributed by atoms with E-state index in [1.165, 1.54) is 4.31 Å². The second-order valence-corrected chi connectivity index (χ2v) is 7.52. The fourth-order valence-corrected chi connectivity index (χ4v) is 3.72. The molecule has 0 amide bonds. The van der Waals surface area contributed by atoms with Crippen molar-refractivity contribution in [2.75, 3.05) is 13.6 Å². The molecule has 1 heterocycles. The number of aromatic amines is 1. The van der Waals surface area contributed by atoms with Crippen molar-refractivity contribution in [2.24, 2.45) is 0 Å². The van der Waals surface area contributed by atoms with Gasteiger partial charge in [-0.2, -0.15) is 5.10 Å². The van der Waals surface area contributed by atoms with Gasteiger partial charge in [0.15, 0.2) is 0 Å². The van der Waals surface area contributed by atoms with E-state index in [-0.39, 0.29) is 0 Å². The van der Waals surface area contributed by atoms with E-state index in [9.17, 15) is 8.42 Å². The molecular weight excluding hydrogens is 288 g/mol. The maximum absolute atomic E-state index is 12.7. The van der Waals surface area contributed by atoms with Crippen LogP contribution in [0.1, 0.15) is 37.1 Å². The number of aromatic nitrogens is 2. The van der Waals surface area contributed by atoms with Crippen molar-refractivity contribution in [3.05, 3.63) is 24.0 Å². The topological polar surface area (TPSA) is 78.1 Å². The number of nitrogens with zero attached hydrogens (tertiary/aromatic N) is 2. The predicted octanol–water partition coefficient (Wildman–Crippen LogP) is 1.56. The molecule has 1 aromatic heterocycles. The summed E-state index contributed by atoms with van der Waals surface area (Å²) in [6.07, 6.45) is 5.69. The second kappa shape index (κ2) is 6.72. The van der Waals surface area contributed by atoms with Gasteiger partial charge in [0.1, 0.15) is 4.90 Å². The summed E-state index contributed by atoms with van der Waals surface area (Å²) >= 11 is 0. The quantitative estimate of drug-likeness (QED) is 0.536. The van der Waals surface area contributed by atoms with Crippen LogP contribution in [-0.2, 0) is 16.6 Å². The standard InChI is InChI=1S/C14H24N4O2S/c1-4-5-6-9-18(3)21(19,20)14-11(2)16-17-13(14)10-15-12-7-8-12/h4,12,15H,1,5-10H2,2-3H3,(H,16,17). The molecule has 1 saturated carbocycles. The molecule has 2 N–H and O–H groups in total. The van der Waals surface area contributed by atoms with Crippen molar-refractivity contribution < 1.29 is 8.42 Å². The number of allylic oxidation sites excluding steroid dienone is 1. The van der Waals surface area contributed by atoms with Crippen LogP contribution in [0.5, 0.6) is 0 Å². The lowest BCUT2D eigenvalue weighted by Crippen LogP contribution is -2.29. The number of sulfonamides is 1. The molecule has 0 spiro atoms. The predicted molar refractivity (Wildman–Crippen MR) is 82.4 cm³/mol. The normalized spacial score (nSPS) is 15.6. The highest BCUT2D eigenvalue weighted by atomic mass is 32.2. The van der Waals surface area contributed by atoms with Crippen LogP contribution in [0.4, 0.5) is 0 Å². The first-order valence-corrected chi connectivity index (χ1v) is 8.75. The third-order valence-corrected chi connectivity index (χ3v) is 5.71. The third-order valence-electron chi connectivity index (χ3n) is 3.65. The number of hydrogen-bond acceptors (Lipinski definition) is 4. The molecular formula is C14H24N4O2S. The van der Waals surface area contributed by atoms with Crippen LogP contribution in [0.15, 0.2) is 17.6 Å². The third kappa shape index (κ3) is 3.93. The summed E-state index contributed by atoms with van der Waals surface area (Å²) in [5.41, 5.74) is 1.17. The average Bonchev–Trinajstić information content (AvgIpc) is 3.19. The van der Waals surface area contributed by atoms with E-state index in [1.807, 2.05) is 0 Å². The van der Waals surface area contributed by atoms with Gasteiger partial charge in [-0.1, -0.05) is 6.08 Å². The molecule has 1 aliphatic carbocycles. The Balaban J connectivity index is 2.13. The van der Waals surface area contributed by atoms with Crippen LogP contribution in [-0.4, -0.2) is 42.6 Å². The highest BCUT2D eigenvalue weighted by Crippen LogP contribution is 2.24. The maximum Gasteiger partial charge on any atom is 0.246 e. The molecule has 6 nitrogen and oxygen atoms in total. The van der Waals surface area contributed by atoms with Gasteiger partial charge in [0.05, 0.1) is 11.4 Å². The van der Waals surface area contributed by atoms with Gasteiger partial charge in [0.25, 0.3) is 0 Å². The van der Waals surface area contributed by atoms with E-state index < -0.39 is 10.0 Å². The molecule has 21 heavy (non-hydrogen) atoms. The highest BCUT2D eigenvalue weighted by molar-refractivity contribution is 7.89. The van der Waals surface area contributed by atoms with Crippen LogP contribution in [0.3, 0.4) is 0 Å². The Morgan fingerprint density at radius 1 is 1.52 bits per heavy atom. The molecule has 0 bridgehead atoms. The van der Waals surface area contributed by atoms with Gasteiger partial charge >= 0.3 is 0 Å². The number of rotatable bonds is 9. The molecule has 1 fully saturated rings. The summed E-state index contributed by atoms with van der Waals surface area (Å²) in [7, 11) is -1.89. The van der Waals surface area contributed by atoms with Gasteiger partial charge in [-0.15, -0.1) is 6.58 Å². The Morgan fingerprint density at radius 3 is 2.86 bits per heavy atom. The van der Waals surface area contributed by atoms with Crippen LogP contribution < -0.4 is 5.32 Å². The fourth-order valence-electron chi connectivity index (χ4n) is 2.19. The van der Waals surface area contributed by atoms with Crippen molar-refractivity contribution in [1.82, 2.24) is 19.8 Å². The number of unbranched alkanes of at least 4 members (excludes halogenated alkanes) is 1. The van der Waals surface area contributed by atoms with Crippen molar-refractivity contribution in [1.29, 1.82) is 0 Å². The van der Waals surface area contributed by atoms with E-state index >= 15 is 0 Å². The van der Waals surface area contributed by atoms with Crippen molar-refractivity contribution in [3.8, 4) is 0 Å². The first-order chi connectivity index (χ1) is 9.96. The summed E-state index contributed by atoms with van der Waals surface area (Å²) in [4.78, 5) is 0.316. The van der Waals surface area contributed by atoms with Gasteiger partial charge in [-0.05, 0) is 32.6 Å². The molecule has 0 saturated heterocycles. The summed E-state index contributed by atoms with van der Waals surface area (Å²) in [6, 6.07) is 0.517. The van der Waals surface area contributed by atoms with E-state index in [4.69, 9.17) is 0 Å². The molecule has 0 aliphatic heterocycles. The van der Waals surface area contributed by atoms with Crippen LogP contribution in [0, 0.1) is 6.92 Å². The van der Waals surface area contributed by atoms with E-state index in [1.54, 1.807) is 20.0 Å². The summed E-state index contributed by atoms with van der Waals surface area (Å²) in [5, 5.41) is 10.3. The molecule has 7 heteroatoms. The Labute approximate surface area is 126 Å². The van der Waals surface area contributed by atoms with Crippen molar-refractivity contribution >= 4 is 10.0 Å². The first-order valence-electron chi connectivity index (χ1n) is 7.31. The summed E-state index contributed by atoms with van der Waals surface area (Å²) in [6.45, 7) is 6.37. The molecule has 1 aromatic rings. The van der Waals surface area contributed by atoms with E-state index in [0.29, 0.717) is 35.4 Å². The Bertz CT molecular complexity index is 590. The molecule has 0 aromatic carbocycles. The molecule has 0 radical (unpaired) electrons. The van der Waals surface area contributed by atoms with Crippen LogP contribution >= 0.6 is 0 Å². The van der Waals surface area contributed by atoms with Gasteiger partial charge in [0, 0.05) is 26.2 Å². The Kier molecular flexibility index (Phi) is 5.18. The van der Waals surface area contributed by atoms with Crippen LogP contribution in [0.2, 0.25) is 0 Å². The average molecular weight is 312 g/mol. The number of aryl methyl sites for hydroxylation is 1. The van der Waals surface area contributed by atoms with Gasteiger partial charge in [-0.25, -0.2) is 12.7 Å². The van der Waals surface area contributed by atoms with Crippen molar-refractivity contribution in [3.63, 3.8) is 0 Å². The largest absolute Gasteiger partial charge is 0.308 e. The number of nitrogens with one attached hydrogen (secondary N) is 2. The minimum absolute atomic E-state index is 0.316. The van der Waals surface area contributed by atoms with Crippen LogP contribution in [0.25, 0.3) is 0 Å².